The van der Waals surface area contributed by atoms with Crippen LogP contribution in [-0.2, 0) is 25.2 Å². The van der Waals surface area contributed by atoms with Crippen molar-refractivity contribution >= 4 is 47.3 Å². The molecule has 0 fully saturated rings. The summed E-state index contributed by atoms with van der Waals surface area (Å²) in [6.07, 6.45) is 2.39. The van der Waals surface area contributed by atoms with Gasteiger partial charge >= 0.3 is 7.52 Å². The zero-order valence-corrected chi connectivity index (χ0v) is 22.6. The van der Waals surface area contributed by atoms with E-state index in [1.54, 1.807) is 30.0 Å². The minimum absolute atomic E-state index is 0.00833. The normalized spacial score (nSPS) is 21.8. The Bertz CT molecular complexity index is 1080. The van der Waals surface area contributed by atoms with Gasteiger partial charge < -0.3 is 24.4 Å². The molecule has 2 aliphatic rings. The summed E-state index contributed by atoms with van der Waals surface area (Å²) in [5.41, 5.74) is 0.890. The van der Waals surface area contributed by atoms with Gasteiger partial charge in [0.05, 0.1) is 41.2 Å². The van der Waals surface area contributed by atoms with Crippen LogP contribution in [0.5, 0.6) is 0 Å². The van der Waals surface area contributed by atoms with Gasteiger partial charge in [-0.2, -0.15) is 4.76 Å². The number of fused-ring (bicyclic) bond motifs is 1. The Hall–Kier alpha value is -2.00. The molecule has 0 bridgehead atoms. The lowest BCUT2D eigenvalue weighted by Crippen LogP contribution is -2.39. The summed E-state index contributed by atoms with van der Waals surface area (Å²) < 4.78 is 38.0. The van der Waals surface area contributed by atoms with Crippen LogP contribution in [0.1, 0.15) is 48.0 Å². The first-order chi connectivity index (χ1) is 15.6. The van der Waals surface area contributed by atoms with E-state index in [1.807, 2.05) is 0 Å². The van der Waals surface area contributed by atoms with Crippen molar-refractivity contribution < 1.29 is 23.5 Å². The SMILES string of the molecule is CCOP1(=O)N=C(C2=C(O)CN(CC(C)(C)CC(C)(C)C)C2=O)Nc2ccc(N[S+](C)[O-])cc21. The predicted molar refractivity (Wildman–Crippen MR) is 138 cm³/mol. The van der Waals surface area contributed by atoms with Crippen molar-refractivity contribution in [2.75, 3.05) is 36.0 Å². The highest BCUT2D eigenvalue weighted by atomic mass is 32.2. The number of rotatable bonds is 8. The van der Waals surface area contributed by atoms with E-state index in [0.29, 0.717) is 23.2 Å². The Balaban J connectivity index is 1.92. The van der Waals surface area contributed by atoms with Crippen molar-refractivity contribution in [3.05, 3.63) is 29.5 Å². The fourth-order valence-corrected chi connectivity index (χ4v) is 7.08. The number of anilines is 2. The van der Waals surface area contributed by atoms with Crippen molar-refractivity contribution in [1.29, 1.82) is 0 Å². The first-order valence-corrected chi connectivity index (χ1v) is 14.4. The highest BCUT2D eigenvalue weighted by Crippen LogP contribution is 2.52. The zero-order valence-electron chi connectivity index (χ0n) is 20.9. The molecule has 1 amide bonds. The molecule has 0 aliphatic carbocycles. The van der Waals surface area contributed by atoms with E-state index in [4.69, 9.17) is 4.52 Å². The van der Waals surface area contributed by atoms with Gasteiger partial charge in [0.15, 0.2) is 5.84 Å². The maximum atomic E-state index is 13.8. The van der Waals surface area contributed by atoms with E-state index in [-0.39, 0.29) is 47.1 Å². The van der Waals surface area contributed by atoms with Gasteiger partial charge in [0.2, 0.25) is 0 Å². The third kappa shape index (κ3) is 5.97. The van der Waals surface area contributed by atoms with Gasteiger partial charge in [0.25, 0.3) is 5.91 Å². The van der Waals surface area contributed by atoms with Gasteiger partial charge in [-0.3, -0.25) is 9.36 Å². The van der Waals surface area contributed by atoms with E-state index in [2.05, 4.69) is 49.4 Å². The van der Waals surface area contributed by atoms with Gasteiger partial charge in [-0.1, -0.05) is 34.6 Å². The molecule has 3 N–H and O–H groups in total. The number of aliphatic hydroxyl groups excluding tert-OH is 1. The molecule has 2 heterocycles. The molecule has 0 saturated carbocycles. The number of aliphatic hydroxyl groups is 1. The topological polar surface area (TPSA) is 126 Å². The molecule has 34 heavy (non-hydrogen) atoms. The molecular formula is C23H35N4O5PS. The summed E-state index contributed by atoms with van der Waals surface area (Å²) in [7, 11) is -3.75. The van der Waals surface area contributed by atoms with Gasteiger partial charge in [-0.25, -0.2) is 4.72 Å². The first-order valence-electron chi connectivity index (χ1n) is 11.2. The quantitative estimate of drug-likeness (QED) is 0.354. The second-order valence-corrected chi connectivity index (χ2v) is 13.8. The fourth-order valence-electron chi connectivity index (χ4n) is 4.81. The van der Waals surface area contributed by atoms with Crippen molar-refractivity contribution in [1.82, 2.24) is 4.90 Å². The van der Waals surface area contributed by atoms with Gasteiger partial charge in [0.1, 0.15) is 17.6 Å². The third-order valence-corrected chi connectivity index (χ3v) is 7.92. The van der Waals surface area contributed by atoms with Crippen molar-refractivity contribution in [3.8, 4) is 0 Å². The number of carbonyl (C=O) groups excluding carboxylic acids is 1. The summed E-state index contributed by atoms with van der Waals surface area (Å²) in [6, 6.07) is 4.91. The Kier molecular flexibility index (Phi) is 7.49. The lowest BCUT2D eigenvalue weighted by atomic mass is 9.76. The molecule has 2 aliphatic heterocycles. The fraction of sp³-hybridized carbons (Fsp3) is 0.565. The molecule has 1 aromatic rings. The van der Waals surface area contributed by atoms with E-state index in [9.17, 15) is 19.0 Å². The maximum Gasteiger partial charge on any atom is 0.348 e. The second kappa shape index (κ2) is 9.57. The summed E-state index contributed by atoms with van der Waals surface area (Å²) in [6.45, 7) is 13.1. The Morgan fingerprint density at radius 1 is 1.32 bits per heavy atom. The second-order valence-electron chi connectivity index (χ2n) is 10.7. The summed E-state index contributed by atoms with van der Waals surface area (Å²) in [5, 5.41) is 14.1. The first kappa shape index (κ1) is 26.6. The average molecular weight is 511 g/mol. The Morgan fingerprint density at radius 2 is 2.00 bits per heavy atom. The molecule has 9 nitrogen and oxygen atoms in total. The summed E-state index contributed by atoms with van der Waals surface area (Å²) in [5.74, 6) is -0.450. The number of benzene rings is 1. The van der Waals surface area contributed by atoms with Crippen LogP contribution < -0.4 is 15.3 Å². The number of amides is 1. The largest absolute Gasteiger partial charge is 0.593 e. The van der Waals surface area contributed by atoms with Crippen molar-refractivity contribution in [2.45, 2.75) is 48.0 Å². The molecule has 1 aromatic carbocycles. The van der Waals surface area contributed by atoms with Crippen LogP contribution in [0, 0.1) is 10.8 Å². The van der Waals surface area contributed by atoms with Gasteiger partial charge in [0, 0.05) is 6.54 Å². The van der Waals surface area contributed by atoms with Gasteiger partial charge in [-0.05, 0) is 42.4 Å². The molecule has 3 rings (SSSR count). The molecule has 2 unspecified atom stereocenters. The minimum atomic E-state index is -3.75. The lowest BCUT2D eigenvalue weighted by Gasteiger charge is -2.35. The molecular weight excluding hydrogens is 475 g/mol. The summed E-state index contributed by atoms with van der Waals surface area (Å²) >= 11 is -1.31. The third-order valence-electron chi connectivity index (χ3n) is 5.35. The van der Waals surface area contributed by atoms with Crippen LogP contribution in [0.4, 0.5) is 11.4 Å². The Morgan fingerprint density at radius 3 is 2.59 bits per heavy atom. The number of hydrogen-bond acceptors (Lipinski definition) is 7. The molecule has 0 spiro atoms. The van der Waals surface area contributed by atoms with E-state index < -0.39 is 18.9 Å². The van der Waals surface area contributed by atoms with E-state index in [1.165, 1.54) is 6.26 Å². The molecule has 11 heteroatoms. The molecule has 2 atom stereocenters. The monoisotopic (exact) mass is 510 g/mol. The van der Waals surface area contributed by atoms with Crippen LogP contribution >= 0.6 is 7.52 Å². The molecule has 0 aromatic heterocycles. The van der Waals surface area contributed by atoms with Crippen molar-refractivity contribution in [3.63, 3.8) is 0 Å². The van der Waals surface area contributed by atoms with E-state index >= 15 is 0 Å². The Labute approximate surface area is 204 Å². The molecule has 0 radical (unpaired) electrons. The number of hydrogen-bond donors (Lipinski definition) is 3. The van der Waals surface area contributed by atoms with Crippen LogP contribution in [0.25, 0.3) is 0 Å². The van der Waals surface area contributed by atoms with Crippen molar-refractivity contribution in [2.24, 2.45) is 15.6 Å². The average Bonchev–Trinajstić information content (AvgIpc) is 2.92. The van der Waals surface area contributed by atoms with Crippen LogP contribution in [0.2, 0.25) is 0 Å². The maximum absolute atomic E-state index is 13.8. The standard InChI is InChI=1S/C23H35N4O5PS/c1-8-32-33(30)18-11-15(26-34(7)31)9-10-16(18)24-20(25-33)19-17(28)12-27(21(19)29)14-23(5,6)13-22(2,3)4/h9-11,26,28H,8,12-14H2,1-7H3,(H,24,25,30). The van der Waals surface area contributed by atoms with E-state index in [0.717, 1.165) is 6.42 Å². The smallest absolute Gasteiger partial charge is 0.348 e. The zero-order chi connectivity index (χ0) is 25.5. The number of nitrogens with one attached hydrogen (secondary N) is 2. The minimum Gasteiger partial charge on any atom is -0.593 e. The van der Waals surface area contributed by atoms with Gasteiger partial charge in [-0.15, -0.1) is 0 Å². The lowest BCUT2D eigenvalue weighted by molar-refractivity contribution is -0.126. The number of nitrogens with zero attached hydrogens (tertiary/aromatic N) is 2. The molecule has 188 valence electrons. The van der Waals surface area contributed by atoms with Crippen LogP contribution in [-0.4, -0.2) is 52.3 Å². The highest BCUT2D eigenvalue weighted by molar-refractivity contribution is 7.92. The summed E-state index contributed by atoms with van der Waals surface area (Å²) in [4.78, 5) is 14.9. The number of amidine groups is 1. The predicted octanol–water partition coefficient (Wildman–Crippen LogP) is 4.19. The van der Waals surface area contributed by atoms with Crippen LogP contribution in [0.15, 0.2) is 34.3 Å². The van der Waals surface area contributed by atoms with Crippen LogP contribution in [0.3, 0.4) is 0 Å². The number of carbonyl (C=O) groups is 1. The molecule has 0 saturated heterocycles. The highest BCUT2D eigenvalue weighted by Gasteiger charge is 2.42.